The highest BCUT2D eigenvalue weighted by Crippen LogP contribution is 2.37. The van der Waals surface area contributed by atoms with Crippen LogP contribution in [-0.4, -0.2) is 13.7 Å². The summed E-state index contributed by atoms with van der Waals surface area (Å²) in [4.78, 5) is 0. The van der Waals surface area contributed by atoms with Crippen LogP contribution in [0.25, 0.3) is 11.1 Å². The standard InChI is InChI=1S/C33H46F2O/c1-3-6-24-9-11-25(12-10-24)7-4-5-8-30-21-22-31(33(35)32(30)34)29-19-17-28(18-20-29)27-15-13-26(14-16-27)23-36-2/h17-22,24-27H,3-16,23H2,1-2H3. The van der Waals surface area contributed by atoms with Gasteiger partial charge in [-0.05, 0) is 78.9 Å². The first kappa shape index (κ1) is 27.3. The van der Waals surface area contributed by atoms with Crippen LogP contribution in [0.15, 0.2) is 36.4 Å². The maximum Gasteiger partial charge on any atom is 0.166 e. The Bertz CT molecular complexity index is 921. The largest absolute Gasteiger partial charge is 0.384 e. The lowest BCUT2D eigenvalue weighted by atomic mass is 9.78. The smallest absolute Gasteiger partial charge is 0.166 e. The lowest BCUT2D eigenvalue weighted by Crippen LogP contribution is -2.17. The molecule has 0 amide bonds. The van der Waals surface area contributed by atoms with Gasteiger partial charge in [-0.1, -0.05) is 94.7 Å². The molecule has 0 aromatic heterocycles. The molecule has 2 aromatic rings. The van der Waals surface area contributed by atoms with Crippen LogP contribution >= 0.6 is 0 Å². The fourth-order valence-corrected chi connectivity index (χ4v) is 6.80. The van der Waals surface area contributed by atoms with E-state index in [9.17, 15) is 4.39 Å². The van der Waals surface area contributed by atoms with Gasteiger partial charge in [0, 0.05) is 19.3 Å². The first-order chi connectivity index (χ1) is 17.6. The molecule has 198 valence electrons. The van der Waals surface area contributed by atoms with Crippen molar-refractivity contribution in [2.45, 2.75) is 103 Å². The summed E-state index contributed by atoms with van der Waals surface area (Å²) in [5, 5.41) is 0. The van der Waals surface area contributed by atoms with Gasteiger partial charge in [-0.3, -0.25) is 0 Å². The average Bonchev–Trinajstić information content (AvgIpc) is 2.91. The zero-order valence-corrected chi connectivity index (χ0v) is 22.5. The van der Waals surface area contributed by atoms with E-state index in [0.29, 0.717) is 29.4 Å². The quantitative estimate of drug-likeness (QED) is 0.281. The van der Waals surface area contributed by atoms with Gasteiger partial charge in [0.05, 0.1) is 0 Å². The third-order valence-corrected chi connectivity index (χ3v) is 9.08. The average molecular weight is 497 g/mol. The highest BCUT2D eigenvalue weighted by atomic mass is 19.2. The lowest BCUT2D eigenvalue weighted by Gasteiger charge is -2.28. The van der Waals surface area contributed by atoms with Crippen molar-refractivity contribution in [1.82, 2.24) is 0 Å². The molecule has 0 saturated heterocycles. The Labute approximate surface area is 218 Å². The second-order valence-corrected chi connectivity index (χ2v) is 11.6. The van der Waals surface area contributed by atoms with Crippen molar-refractivity contribution >= 4 is 0 Å². The number of benzene rings is 2. The van der Waals surface area contributed by atoms with E-state index in [1.165, 1.54) is 76.2 Å². The summed E-state index contributed by atoms with van der Waals surface area (Å²) in [6.45, 7) is 3.14. The van der Waals surface area contributed by atoms with E-state index in [-0.39, 0.29) is 0 Å². The molecule has 0 atom stereocenters. The fourth-order valence-electron chi connectivity index (χ4n) is 6.80. The normalized spacial score (nSPS) is 24.7. The molecule has 36 heavy (non-hydrogen) atoms. The predicted octanol–water partition coefficient (Wildman–Crippen LogP) is 9.87. The summed E-state index contributed by atoms with van der Waals surface area (Å²) < 4.78 is 35.3. The Balaban J connectivity index is 1.27. The highest BCUT2D eigenvalue weighted by molar-refractivity contribution is 5.65. The van der Waals surface area contributed by atoms with Crippen molar-refractivity contribution in [2.24, 2.45) is 17.8 Å². The number of hydrogen-bond donors (Lipinski definition) is 0. The molecule has 0 aliphatic heterocycles. The molecule has 0 bridgehead atoms. The van der Waals surface area contributed by atoms with Gasteiger partial charge >= 0.3 is 0 Å². The van der Waals surface area contributed by atoms with Gasteiger partial charge in [-0.15, -0.1) is 0 Å². The van der Waals surface area contributed by atoms with Gasteiger partial charge in [0.25, 0.3) is 0 Å². The predicted molar refractivity (Wildman–Crippen MR) is 146 cm³/mol. The number of methoxy groups -OCH3 is 1. The Morgan fingerprint density at radius 3 is 2.00 bits per heavy atom. The van der Waals surface area contributed by atoms with Crippen LogP contribution in [0.2, 0.25) is 0 Å². The van der Waals surface area contributed by atoms with Gasteiger partial charge in [-0.2, -0.15) is 0 Å². The fraction of sp³-hybridized carbons (Fsp3) is 0.636. The zero-order valence-electron chi connectivity index (χ0n) is 22.5. The number of unbranched alkanes of at least 4 members (excludes halogenated alkanes) is 1. The zero-order chi connectivity index (χ0) is 25.3. The van der Waals surface area contributed by atoms with Gasteiger partial charge in [0.2, 0.25) is 0 Å². The molecule has 3 heteroatoms. The maximum atomic E-state index is 15.0. The minimum atomic E-state index is -0.699. The highest BCUT2D eigenvalue weighted by Gasteiger charge is 2.23. The lowest BCUT2D eigenvalue weighted by molar-refractivity contribution is 0.127. The number of ether oxygens (including phenoxy) is 1. The molecule has 0 heterocycles. The molecule has 2 saturated carbocycles. The van der Waals surface area contributed by atoms with Gasteiger partial charge in [0.15, 0.2) is 11.6 Å². The molecular formula is C33H46F2O. The first-order valence-corrected chi connectivity index (χ1v) is 14.6. The second-order valence-electron chi connectivity index (χ2n) is 11.6. The molecule has 0 unspecified atom stereocenters. The van der Waals surface area contributed by atoms with Gasteiger partial charge < -0.3 is 4.74 Å². The SMILES string of the molecule is CCCC1CCC(CCCCc2ccc(-c3ccc(C4CCC(COC)CC4)cc3)c(F)c2F)CC1. The number of hydrogen-bond acceptors (Lipinski definition) is 1. The molecule has 2 fully saturated rings. The van der Waals surface area contributed by atoms with E-state index >= 15 is 4.39 Å². The van der Waals surface area contributed by atoms with Crippen LogP contribution < -0.4 is 0 Å². The van der Waals surface area contributed by atoms with Crippen LogP contribution in [0.5, 0.6) is 0 Å². The third kappa shape index (κ3) is 7.18. The molecule has 0 N–H and O–H groups in total. The minimum Gasteiger partial charge on any atom is -0.384 e. The van der Waals surface area contributed by atoms with Gasteiger partial charge in [-0.25, -0.2) is 8.78 Å². The van der Waals surface area contributed by atoms with Crippen molar-refractivity contribution < 1.29 is 13.5 Å². The summed E-state index contributed by atoms with van der Waals surface area (Å²) in [6.07, 6.45) is 16.8. The van der Waals surface area contributed by atoms with Crippen molar-refractivity contribution in [3.63, 3.8) is 0 Å². The summed E-state index contributed by atoms with van der Waals surface area (Å²) in [7, 11) is 1.78. The molecule has 0 spiro atoms. The van der Waals surface area contributed by atoms with E-state index in [1.54, 1.807) is 19.2 Å². The summed E-state index contributed by atoms with van der Waals surface area (Å²) >= 11 is 0. The Morgan fingerprint density at radius 1 is 0.722 bits per heavy atom. The van der Waals surface area contributed by atoms with Crippen LogP contribution in [0.4, 0.5) is 8.78 Å². The number of halogens is 2. The minimum absolute atomic E-state index is 0.371. The van der Waals surface area contributed by atoms with Crippen LogP contribution in [0.3, 0.4) is 0 Å². The van der Waals surface area contributed by atoms with Crippen molar-refractivity contribution in [1.29, 1.82) is 0 Å². The Morgan fingerprint density at radius 2 is 1.36 bits per heavy atom. The van der Waals surface area contributed by atoms with Crippen molar-refractivity contribution in [2.75, 3.05) is 13.7 Å². The van der Waals surface area contributed by atoms with Crippen LogP contribution in [0.1, 0.15) is 107 Å². The van der Waals surface area contributed by atoms with Gasteiger partial charge in [0.1, 0.15) is 0 Å². The van der Waals surface area contributed by atoms with Crippen molar-refractivity contribution in [3.05, 3.63) is 59.2 Å². The van der Waals surface area contributed by atoms with E-state index in [0.717, 1.165) is 36.8 Å². The maximum absolute atomic E-state index is 15.0. The Kier molecular flexibility index (Phi) is 10.4. The van der Waals surface area contributed by atoms with Crippen LogP contribution in [0, 0.1) is 29.4 Å². The molecule has 0 radical (unpaired) electrons. The van der Waals surface area contributed by atoms with Crippen molar-refractivity contribution in [3.8, 4) is 11.1 Å². The number of rotatable bonds is 11. The molecule has 2 aliphatic rings. The molecule has 2 aromatic carbocycles. The number of aryl methyl sites for hydroxylation is 1. The molecular weight excluding hydrogens is 450 g/mol. The second kappa shape index (κ2) is 13.7. The third-order valence-electron chi connectivity index (χ3n) is 9.08. The van der Waals surface area contributed by atoms with E-state index < -0.39 is 11.6 Å². The monoisotopic (exact) mass is 496 g/mol. The summed E-state index contributed by atoms with van der Waals surface area (Å²) in [5.41, 5.74) is 2.96. The Hall–Kier alpha value is -1.74. The summed E-state index contributed by atoms with van der Waals surface area (Å²) in [5.74, 6) is 1.65. The van der Waals surface area contributed by atoms with E-state index in [4.69, 9.17) is 4.74 Å². The molecule has 4 rings (SSSR count). The van der Waals surface area contributed by atoms with E-state index in [2.05, 4.69) is 19.1 Å². The topological polar surface area (TPSA) is 9.23 Å². The summed E-state index contributed by atoms with van der Waals surface area (Å²) in [6, 6.07) is 11.7. The molecule has 1 nitrogen and oxygen atoms in total. The van der Waals surface area contributed by atoms with Crippen LogP contribution in [-0.2, 0) is 11.2 Å². The molecule has 2 aliphatic carbocycles. The van der Waals surface area contributed by atoms with E-state index in [1.807, 2.05) is 12.1 Å². The first-order valence-electron chi connectivity index (χ1n) is 14.6.